The van der Waals surface area contributed by atoms with E-state index in [-0.39, 0.29) is 11.3 Å². The van der Waals surface area contributed by atoms with Crippen molar-refractivity contribution in [3.05, 3.63) is 28.2 Å². The first-order valence-electron chi connectivity index (χ1n) is 5.44. The second-order valence-electron chi connectivity index (χ2n) is 3.96. The molecule has 0 aromatic heterocycles. The van der Waals surface area contributed by atoms with Gasteiger partial charge in [0.2, 0.25) is 0 Å². The quantitative estimate of drug-likeness (QED) is 0.853. The summed E-state index contributed by atoms with van der Waals surface area (Å²) in [4.78, 5) is 11.3. The van der Waals surface area contributed by atoms with Crippen LogP contribution in [-0.2, 0) is 14.9 Å². The lowest BCUT2D eigenvalue weighted by atomic mass is 10.2. The Morgan fingerprint density at radius 1 is 1.45 bits per heavy atom. The molecule has 1 aromatic rings. The van der Waals surface area contributed by atoms with E-state index < -0.39 is 22.4 Å². The van der Waals surface area contributed by atoms with Gasteiger partial charge in [-0.2, -0.15) is 13.7 Å². The average molecular weight is 362 g/mol. The Morgan fingerprint density at radius 2 is 2.10 bits per heavy atom. The summed E-state index contributed by atoms with van der Waals surface area (Å²) < 4.78 is 32.5. The highest BCUT2D eigenvalue weighted by atomic mass is 79.9. The van der Waals surface area contributed by atoms with Gasteiger partial charge in [0.05, 0.1) is 17.4 Å². The summed E-state index contributed by atoms with van der Waals surface area (Å²) in [6.07, 6.45) is -1.55. The van der Waals surface area contributed by atoms with Crippen LogP contribution in [0.5, 0.6) is 0 Å². The summed E-state index contributed by atoms with van der Waals surface area (Å²) in [5.74, 6) is 0. The van der Waals surface area contributed by atoms with Gasteiger partial charge in [-0.1, -0.05) is 15.9 Å². The predicted molar refractivity (Wildman–Crippen MR) is 76.2 cm³/mol. The SMILES string of the molecule is CC(C)OC(=O)NS(=O)(=O)Nc1cc(Br)ccc1C#N. The Labute approximate surface area is 125 Å². The van der Waals surface area contributed by atoms with Crippen molar-refractivity contribution in [2.45, 2.75) is 20.0 Å². The summed E-state index contributed by atoms with van der Waals surface area (Å²) in [6, 6.07) is 6.28. The fraction of sp³-hybridized carbons (Fsp3) is 0.273. The van der Waals surface area contributed by atoms with Gasteiger partial charge in [0.15, 0.2) is 0 Å². The molecule has 1 amide bonds. The molecule has 108 valence electrons. The minimum atomic E-state index is -4.18. The molecule has 9 heteroatoms. The van der Waals surface area contributed by atoms with Crippen molar-refractivity contribution in [2.24, 2.45) is 0 Å². The molecule has 0 unspecified atom stereocenters. The monoisotopic (exact) mass is 361 g/mol. The molecule has 0 aliphatic carbocycles. The highest BCUT2D eigenvalue weighted by Gasteiger charge is 2.18. The number of nitrogens with zero attached hydrogens (tertiary/aromatic N) is 1. The molecule has 0 saturated heterocycles. The van der Waals surface area contributed by atoms with Gasteiger partial charge in [0.25, 0.3) is 0 Å². The Hall–Kier alpha value is -1.79. The molecule has 0 heterocycles. The van der Waals surface area contributed by atoms with E-state index >= 15 is 0 Å². The Bertz CT molecular complexity index is 652. The van der Waals surface area contributed by atoms with Crippen molar-refractivity contribution < 1.29 is 17.9 Å². The zero-order valence-electron chi connectivity index (χ0n) is 10.7. The van der Waals surface area contributed by atoms with Crippen molar-refractivity contribution in [3.63, 3.8) is 0 Å². The first-order valence-corrected chi connectivity index (χ1v) is 7.72. The summed E-state index contributed by atoms with van der Waals surface area (Å²) in [5, 5.41) is 8.89. The van der Waals surface area contributed by atoms with Crippen molar-refractivity contribution in [3.8, 4) is 6.07 Å². The zero-order chi connectivity index (χ0) is 15.3. The minimum Gasteiger partial charge on any atom is -0.446 e. The normalized spacial score (nSPS) is 10.8. The lowest BCUT2D eigenvalue weighted by Crippen LogP contribution is -2.37. The van der Waals surface area contributed by atoms with Crippen LogP contribution in [0, 0.1) is 11.3 Å². The summed E-state index contributed by atoms with van der Waals surface area (Å²) in [7, 11) is -4.18. The Kier molecular flexibility index (Phi) is 5.35. The number of carbonyl (C=O) groups excluding carboxylic acids is 1. The van der Waals surface area contributed by atoms with E-state index in [1.165, 1.54) is 12.1 Å². The first-order chi connectivity index (χ1) is 9.23. The molecule has 0 spiro atoms. The minimum absolute atomic E-state index is 0.0479. The molecule has 0 aliphatic heterocycles. The van der Waals surface area contributed by atoms with Crippen LogP contribution in [0.2, 0.25) is 0 Å². The number of carbonyl (C=O) groups is 1. The number of halogens is 1. The number of nitrogens with one attached hydrogen (secondary N) is 2. The molecular formula is C11H12BrN3O4S. The predicted octanol–water partition coefficient (Wildman–Crippen LogP) is 2.11. The summed E-state index contributed by atoms with van der Waals surface area (Å²) in [6.45, 7) is 3.17. The number of nitriles is 1. The second-order valence-corrected chi connectivity index (χ2v) is 6.29. The van der Waals surface area contributed by atoms with Crippen LogP contribution in [0.4, 0.5) is 10.5 Å². The van der Waals surface area contributed by atoms with Gasteiger partial charge < -0.3 is 4.74 Å². The highest BCUT2D eigenvalue weighted by Crippen LogP contribution is 2.21. The third kappa shape index (κ3) is 5.07. The largest absolute Gasteiger partial charge is 0.446 e. The third-order valence-corrected chi connectivity index (χ3v) is 3.32. The standard InChI is InChI=1S/C11H12BrN3O4S/c1-7(2)19-11(16)15-20(17,18)14-10-5-9(12)4-3-8(10)6-13/h3-5,7,14H,1-2H3,(H,15,16). The number of benzene rings is 1. The molecule has 20 heavy (non-hydrogen) atoms. The van der Waals surface area contributed by atoms with Gasteiger partial charge in [-0.05, 0) is 32.0 Å². The maximum atomic E-state index is 11.7. The van der Waals surface area contributed by atoms with E-state index in [1.54, 1.807) is 24.6 Å². The van der Waals surface area contributed by atoms with E-state index in [9.17, 15) is 13.2 Å². The van der Waals surface area contributed by atoms with E-state index in [4.69, 9.17) is 5.26 Å². The number of amides is 1. The van der Waals surface area contributed by atoms with Gasteiger partial charge in [-0.3, -0.25) is 4.72 Å². The third-order valence-electron chi connectivity index (χ3n) is 1.91. The average Bonchev–Trinajstić information content (AvgIpc) is 2.26. The number of anilines is 1. The molecule has 1 aromatic carbocycles. The van der Waals surface area contributed by atoms with Crippen LogP contribution < -0.4 is 9.44 Å². The van der Waals surface area contributed by atoms with Gasteiger partial charge in [-0.15, -0.1) is 0 Å². The topological polar surface area (TPSA) is 108 Å². The zero-order valence-corrected chi connectivity index (χ0v) is 13.1. The van der Waals surface area contributed by atoms with E-state index in [1.807, 2.05) is 6.07 Å². The van der Waals surface area contributed by atoms with Crippen molar-refractivity contribution in [1.82, 2.24) is 4.72 Å². The van der Waals surface area contributed by atoms with E-state index in [2.05, 4.69) is 25.4 Å². The van der Waals surface area contributed by atoms with Gasteiger partial charge in [0, 0.05) is 4.47 Å². The lowest BCUT2D eigenvalue weighted by Gasteiger charge is -2.12. The molecule has 0 aliphatic rings. The molecule has 7 nitrogen and oxygen atoms in total. The molecule has 0 radical (unpaired) electrons. The lowest BCUT2D eigenvalue weighted by molar-refractivity contribution is 0.121. The first kappa shape index (κ1) is 16.3. The summed E-state index contributed by atoms with van der Waals surface area (Å²) >= 11 is 3.16. The maximum absolute atomic E-state index is 11.7. The Balaban J connectivity index is 2.89. The molecule has 1 rings (SSSR count). The summed E-state index contributed by atoms with van der Waals surface area (Å²) in [5.41, 5.74) is 0.169. The van der Waals surface area contributed by atoms with Crippen LogP contribution >= 0.6 is 15.9 Å². The number of ether oxygens (including phenoxy) is 1. The number of rotatable bonds is 4. The van der Waals surface area contributed by atoms with Crippen molar-refractivity contribution in [1.29, 1.82) is 5.26 Å². The van der Waals surface area contributed by atoms with E-state index in [0.29, 0.717) is 4.47 Å². The van der Waals surface area contributed by atoms with Gasteiger partial charge in [0.1, 0.15) is 6.07 Å². The number of hydrogen-bond donors (Lipinski definition) is 2. The van der Waals surface area contributed by atoms with E-state index in [0.717, 1.165) is 0 Å². The van der Waals surface area contributed by atoms with Crippen LogP contribution in [0.1, 0.15) is 19.4 Å². The van der Waals surface area contributed by atoms with Crippen LogP contribution in [0.15, 0.2) is 22.7 Å². The van der Waals surface area contributed by atoms with Crippen LogP contribution in [0.25, 0.3) is 0 Å². The Morgan fingerprint density at radius 3 is 2.65 bits per heavy atom. The van der Waals surface area contributed by atoms with Gasteiger partial charge in [-0.25, -0.2) is 9.52 Å². The fourth-order valence-corrected chi connectivity index (χ4v) is 2.35. The smallest absolute Gasteiger partial charge is 0.422 e. The van der Waals surface area contributed by atoms with Crippen LogP contribution in [-0.4, -0.2) is 20.6 Å². The highest BCUT2D eigenvalue weighted by molar-refractivity contribution is 9.10. The van der Waals surface area contributed by atoms with Crippen molar-refractivity contribution in [2.75, 3.05) is 4.72 Å². The number of hydrogen-bond acceptors (Lipinski definition) is 5. The second kappa shape index (κ2) is 6.58. The van der Waals surface area contributed by atoms with Crippen LogP contribution in [0.3, 0.4) is 0 Å². The molecule has 0 atom stereocenters. The van der Waals surface area contributed by atoms with Crippen molar-refractivity contribution >= 4 is 37.9 Å². The molecular weight excluding hydrogens is 350 g/mol. The molecule has 0 bridgehead atoms. The molecule has 2 N–H and O–H groups in total. The molecule has 0 saturated carbocycles. The fourth-order valence-electron chi connectivity index (χ4n) is 1.22. The van der Waals surface area contributed by atoms with Gasteiger partial charge >= 0.3 is 16.3 Å². The maximum Gasteiger partial charge on any atom is 0.422 e. The molecule has 0 fully saturated rings.